The number of carbonyl (C=O) groups excluding carboxylic acids is 2. The van der Waals surface area contributed by atoms with Crippen LogP contribution in [-0.4, -0.2) is 31.4 Å². The minimum absolute atomic E-state index is 0.0437. The Morgan fingerprint density at radius 2 is 1.00 bits per heavy atom. The lowest BCUT2D eigenvalue weighted by Crippen LogP contribution is -2.07. The first-order valence-corrected chi connectivity index (χ1v) is 17.9. The molecule has 0 fully saturated rings. The number of benzene rings is 4. The third kappa shape index (κ3) is 10.4. The fourth-order valence-electron chi connectivity index (χ4n) is 5.32. The average molecular weight is 749 g/mol. The predicted molar refractivity (Wildman–Crippen MR) is 204 cm³/mol. The van der Waals surface area contributed by atoms with Gasteiger partial charge in [-0.05, 0) is 96.1 Å². The Balaban J connectivity index is 0.921. The van der Waals surface area contributed by atoms with E-state index in [0.717, 1.165) is 22.3 Å². The van der Waals surface area contributed by atoms with Gasteiger partial charge < -0.3 is 19.7 Å². The van der Waals surface area contributed by atoms with Crippen molar-refractivity contribution in [1.29, 1.82) is 0 Å². The van der Waals surface area contributed by atoms with E-state index in [1.807, 2.05) is 0 Å². The zero-order valence-corrected chi connectivity index (χ0v) is 30.2. The van der Waals surface area contributed by atoms with Gasteiger partial charge >= 0.3 is 8.25 Å². The second kappa shape index (κ2) is 17.5. The maximum absolute atomic E-state index is 13.4. The van der Waals surface area contributed by atoms with Crippen molar-refractivity contribution < 1.29 is 32.0 Å². The molecule has 0 atom stereocenters. The number of nitrogens with zero attached hydrogens (tertiary/aromatic N) is 4. The molecule has 2 aromatic heterocycles. The highest BCUT2D eigenvalue weighted by atomic mass is 31.1. The van der Waals surface area contributed by atoms with Gasteiger partial charge in [-0.25, -0.2) is 8.78 Å². The Morgan fingerprint density at radius 1 is 0.630 bits per heavy atom. The molecule has 0 aliphatic rings. The summed E-state index contributed by atoms with van der Waals surface area (Å²) in [4.78, 5) is 25.2. The highest BCUT2D eigenvalue weighted by Gasteiger charge is 2.11. The van der Waals surface area contributed by atoms with E-state index in [9.17, 15) is 22.9 Å². The summed E-state index contributed by atoms with van der Waals surface area (Å²) in [6.07, 6.45) is 9.61. The highest BCUT2D eigenvalue weighted by molar-refractivity contribution is 7.33. The Morgan fingerprint density at radius 3 is 1.37 bits per heavy atom. The van der Waals surface area contributed by atoms with Crippen LogP contribution >= 0.6 is 8.25 Å². The smallest absolute Gasteiger partial charge is 0.319 e. The summed E-state index contributed by atoms with van der Waals surface area (Å²) in [5.41, 5.74) is 6.69. The normalized spacial score (nSPS) is 11.5. The number of amides is 2. The van der Waals surface area contributed by atoms with Crippen molar-refractivity contribution in [1.82, 2.24) is 19.6 Å². The van der Waals surface area contributed by atoms with E-state index in [-0.39, 0.29) is 36.7 Å². The quantitative estimate of drug-likeness (QED) is 0.0849. The molecule has 274 valence electrons. The number of carbonyl (C=O) groups is 2. The van der Waals surface area contributed by atoms with Crippen LogP contribution in [-0.2, 0) is 50.5 Å². The van der Waals surface area contributed by atoms with Crippen LogP contribution in [0.15, 0.2) is 122 Å². The van der Waals surface area contributed by atoms with Crippen molar-refractivity contribution in [2.75, 3.05) is 10.6 Å². The first kappa shape index (κ1) is 37.5. The van der Waals surface area contributed by atoms with Crippen LogP contribution in [0.4, 0.5) is 20.2 Å². The maximum Gasteiger partial charge on any atom is 0.319 e. The van der Waals surface area contributed by atoms with Gasteiger partial charge in [0.25, 0.3) is 0 Å². The van der Waals surface area contributed by atoms with E-state index >= 15 is 0 Å². The second-order valence-electron chi connectivity index (χ2n) is 12.1. The number of hydrogen-bond acceptors (Lipinski definition) is 7. The second-order valence-corrected chi connectivity index (χ2v) is 13.2. The monoisotopic (exact) mass is 748 g/mol. The largest absolute Gasteiger partial charge is 0.323 e. The molecule has 54 heavy (non-hydrogen) atoms. The van der Waals surface area contributed by atoms with Crippen LogP contribution in [0.2, 0.25) is 0 Å². The fourth-order valence-corrected chi connectivity index (χ4v) is 5.97. The maximum atomic E-state index is 13.4. The van der Waals surface area contributed by atoms with Gasteiger partial charge in [-0.1, -0.05) is 24.3 Å². The Kier molecular flexibility index (Phi) is 12.1. The Hall–Kier alpha value is -6.27. The van der Waals surface area contributed by atoms with Crippen LogP contribution in [0.25, 0.3) is 34.7 Å². The first-order chi connectivity index (χ1) is 26.1. The number of halogens is 2. The molecule has 0 aliphatic carbocycles. The summed E-state index contributed by atoms with van der Waals surface area (Å²) in [7, 11) is 0.717. The lowest BCUT2D eigenvalue weighted by Gasteiger charge is -2.08. The van der Waals surface area contributed by atoms with Crippen molar-refractivity contribution in [3.05, 3.63) is 155 Å². The number of nitrogens with one attached hydrogen (secondary N) is 2. The molecule has 6 rings (SSSR count). The minimum atomic E-state index is -2.82. The molecule has 0 aliphatic heterocycles. The van der Waals surface area contributed by atoms with E-state index in [0.29, 0.717) is 33.9 Å². The van der Waals surface area contributed by atoms with E-state index in [1.54, 1.807) is 121 Å². The van der Waals surface area contributed by atoms with Gasteiger partial charge in [-0.2, -0.15) is 10.2 Å². The van der Waals surface area contributed by atoms with Crippen LogP contribution in [0, 0.1) is 11.6 Å². The lowest BCUT2D eigenvalue weighted by molar-refractivity contribution is -0.112. The SMILES string of the molecule is Cn1cc(/C=C/C(=O)Nc2ccc(CO[PH](=O)OCc3ccc(NC(=O)/C=C/c4cn(C)nc4-c4ccc(F)cc4)cc3)cc2)c(-c2ccc(F)cc2)n1. The van der Waals surface area contributed by atoms with Crippen LogP contribution < -0.4 is 10.6 Å². The third-order valence-corrected chi connectivity index (χ3v) is 8.69. The molecule has 0 bridgehead atoms. The van der Waals surface area contributed by atoms with Gasteiger partial charge in [0.2, 0.25) is 11.8 Å². The number of aryl methyl sites for hydroxylation is 2. The van der Waals surface area contributed by atoms with E-state index in [1.165, 1.54) is 36.4 Å². The fraction of sp³-hybridized carbons (Fsp3) is 0.100. The van der Waals surface area contributed by atoms with Crippen LogP contribution in [0.3, 0.4) is 0 Å². The van der Waals surface area contributed by atoms with Crippen molar-refractivity contribution in [2.45, 2.75) is 13.2 Å². The number of rotatable bonds is 14. The summed E-state index contributed by atoms with van der Waals surface area (Å²) in [5, 5.41) is 14.4. The minimum Gasteiger partial charge on any atom is -0.323 e. The summed E-state index contributed by atoms with van der Waals surface area (Å²) in [5.74, 6) is -1.39. The molecule has 0 radical (unpaired) electrons. The molecule has 2 N–H and O–H groups in total. The molecule has 4 aromatic carbocycles. The highest BCUT2D eigenvalue weighted by Crippen LogP contribution is 2.29. The third-order valence-electron chi connectivity index (χ3n) is 7.93. The summed E-state index contributed by atoms with van der Waals surface area (Å²) in [6.45, 7) is 0.0873. The molecule has 0 unspecified atom stereocenters. The van der Waals surface area contributed by atoms with E-state index in [2.05, 4.69) is 20.8 Å². The molecule has 0 saturated heterocycles. The van der Waals surface area contributed by atoms with Gasteiger partial charge in [0.1, 0.15) is 11.6 Å². The summed E-state index contributed by atoms with van der Waals surface area (Å²) >= 11 is 0. The van der Waals surface area contributed by atoms with Crippen LogP contribution in [0.1, 0.15) is 22.3 Å². The lowest BCUT2D eigenvalue weighted by atomic mass is 10.1. The molecule has 11 nitrogen and oxygen atoms in total. The number of hydrogen-bond donors (Lipinski definition) is 2. The topological polar surface area (TPSA) is 129 Å². The zero-order chi connectivity index (χ0) is 38.0. The summed E-state index contributed by atoms with van der Waals surface area (Å²) < 4.78 is 53.2. The molecule has 2 amide bonds. The molecule has 0 spiro atoms. The predicted octanol–water partition coefficient (Wildman–Crippen LogP) is 8.19. The standard InChI is InChI=1S/C40H35F2N6O5P/c1-47-23-31(39(45-47)29-7-13-33(41)14-8-29)11-21-37(49)43-35-17-3-27(4-18-35)25-52-54(51)53-26-28-5-19-36(20-6-28)44-38(50)22-12-32-24-48(2)46-40(32)30-9-15-34(42)16-10-30/h3-24,54H,25-26H2,1-2H3,(H,43,49)(H,44,50)/b21-11+,22-12+. The van der Waals surface area contributed by atoms with Crippen LogP contribution in [0.5, 0.6) is 0 Å². The average Bonchev–Trinajstić information content (AvgIpc) is 3.74. The van der Waals surface area contributed by atoms with E-state index in [4.69, 9.17) is 9.05 Å². The molecule has 0 saturated carbocycles. The van der Waals surface area contributed by atoms with Gasteiger partial charge in [0.05, 0.1) is 24.6 Å². The number of aromatic nitrogens is 4. The molecule has 6 aromatic rings. The molecular weight excluding hydrogens is 713 g/mol. The van der Waals surface area contributed by atoms with Crippen molar-refractivity contribution in [3.8, 4) is 22.5 Å². The van der Waals surface area contributed by atoms with Gasteiger partial charge in [0, 0.05) is 72.3 Å². The van der Waals surface area contributed by atoms with Crippen molar-refractivity contribution >= 4 is 43.6 Å². The zero-order valence-electron chi connectivity index (χ0n) is 29.2. The summed E-state index contributed by atoms with van der Waals surface area (Å²) in [6, 6.07) is 25.7. The first-order valence-electron chi connectivity index (χ1n) is 16.6. The van der Waals surface area contributed by atoms with Crippen molar-refractivity contribution in [3.63, 3.8) is 0 Å². The molecular formula is C40H35F2N6O5P. The Labute approximate surface area is 310 Å². The van der Waals surface area contributed by atoms with Gasteiger partial charge in [-0.3, -0.25) is 23.5 Å². The van der Waals surface area contributed by atoms with Gasteiger partial charge in [0.15, 0.2) is 0 Å². The Bertz CT molecular complexity index is 2160. The number of anilines is 2. The molecule has 2 heterocycles. The van der Waals surface area contributed by atoms with Gasteiger partial charge in [-0.15, -0.1) is 0 Å². The molecule has 14 heteroatoms. The van der Waals surface area contributed by atoms with Crippen molar-refractivity contribution in [2.24, 2.45) is 14.1 Å². The van der Waals surface area contributed by atoms with E-state index < -0.39 is 8.25 Å².